The molecule has 2 aromatic carbocycles. The standard InChI is InChI=1S/C18H16Cl2N6O2/c19-10-6-7-13(12(20)8-10)23-15(27)9-14-16(28)25-18(24-14)26-17(21)22-11-4-2-1-3-5-11/h1-8,14H,9H2,(H,23,27)(H4,21,22,24,25,26,28). The number of halogens is 2. The highest BCUT2D eigenvalue weighted by molar-refractivity contribution is 6.36. The van der Waals surface area contributed by atoms with Gasteiger partial charge in [-0.15, -0.1) is 0 Å². The number of anilines is 2. The van der Waals surface area contributed by atoms with Gasteiger partial charge in [-0.3, -0.25) is 14.9 Å². The van der Waals surface area contributed by atoms with E-state index in [1.807, 2.05) is 30.3 Å². The topological polar surface area (TPSA) is 121 Å². The molecule has 0 aromatic heterocycles. The quantitative estimate of drug-likeness (QED) is 0.450. The van der Waals surface area contributed by atoms with E-state index >= 15 is 0 Å². The number of nitrogens with zero attached hydrogens (tertiary/aromatic N) is 2. The summed E-state index contributed by atoms with van der Waals surface area (Å²) in [6.07, 6.45) is -0.171. The number of carbonyl (C=O) groups excluding carboxylic acids is 2. The predicted octanol–water partition coefficient (Wildman–Crippen LogP) is 2.60. The molecule has 28 heavy (non-hydrogen) atoms. The zero-order valence-corrected chi connectivity index (χ0v) is 16.0. The summed E-state index contributed by atoms with van der Waals surface area (Å²) < 4.78 is 0. The van der Waals surface area contributed by atoms with Crippen LogP contribution in [0.5, 0.6) is 0 Å². The molecule has 10 heteroatoms. The minimum absolute atomic E-state index is 0.0354. The maximum Gasteiger partial charge on any atom is 0.252 e. The Hall–Kier alpha value is -3.10. The van der Waals surface area contributed by atoms with E-state index in [2.05, 4.69) is 25.9 Å². The highest BCUT2D eigenvalue weighted by Crippen LogP contribution is 2.25. The first-order valence-corrected chi connectivity index (χ1v) is 8.96. The van der Waals surface area contributed by atoms with E-state index in [0.717, 1.165) is 5.69 Å². The van der Waals surface area contributed by atoms with Gasteiger partial charge in [0.15, 0.2) is 0 Å². The molecule has 2 amide bonds. The van der Waals surface area contributed by atoms with Crippen LogP contribution in [0.2, 0.25) is 10.0 Å². The summed E-state index contributed by atoms with van der Waals surface area (Å²) in [7, 11) is 0. The summed E-state index contributed by atoms with van der Waals surface area (Å²) >= 11 is 11.8. The van der Waals surface area contributed by atoms with Crippen molar-refractivity contribution < 1.29 is 9.59 Å². The SMILES string of the molecule is N/C(=N\C1=NC(CC(=O)Nc2ccc(Cl)cc2Cl)C(=O)N1)Nc1ccccc1. The number of benzene rings is 2. The van der Waals surface area contributed by atoms with Crippen molar-refractivity contribution in [2.75, 3.05) is 10.6 Å². The first-order valence-electron chi connectivity index (χ1n) is 8.20. The van der Waals surface area contributed by atoms with E-state index < -0.39 is 17.9 Å². The van der Waals surface area contributed by atoms with Gasteiger partial charge in [0, 0.05) is 10.7 Å². The van der Waals surface area contributed by atoms with Gasteiger partial charge in [0.25, 0.3) is 5.91 Å². The van der Waals surface area contributed by atoms with Crippen LogP contribution in [0.3, 0.4) is 0 Å². The Bertz CT molecular complexity index is 962. The lowest BCUT2D eigenvalue weighted by molar-refractivity contribution is -0.123. The fraction of sp³-hybridized carbons (Fsp3) is 0.111. The molecule has 0 radical (unpaired) electrons. The predicted molar refractivity (Wildman–Crippen MR) is 111 cm³/mol. The lowest BCUT2D eigenvalue weighted by Crippen LogP contribution is -2.32. The van der Waals surface area contributed by atoms with Crippen LogP contribution in [0.25, 0.3) is 0 Å². The van der Waals surface area contributed by atoms with Crippen molar-refractivity contribution in [3.63, 3.8) is 0 Å². The minimum Gasteiger partial charge on any atom is -0.369 e. The second-order valence-electron chi connectivity index (χ2n) is 5.82. The van der Waals surface area contributed by atoms with Crippen molar-refractivity contribution >= 4 is 58.3 Å². The summed E-state index contributed by atoms with van der Waals surface area (Å²) in [6.45, 7) is 0. The summed E-state index contributed by atoms with van der Waals surface area (Å²) in [5.41, 5.74) is 6.95. The molecule has 1 aliphatic heterocycles. The van der Waals surface area contributed by atoms with Crippen LogP contribution in [0.1, 0.15) is 6.42 Å². The van der Waals surface area contributed by atoms with Crippen molar-refractivity contribution in [2.24, 2.45) is 15.7 Å². The number of hydrogen-bond donors (Lipinski definition) is 4. The van der Waals surface area contributed by atoms with Crippen LogP contribution in [0.15, 0.2) is 58.5 Å². The Kier molecular flexibility index (Phi) is 6.13. The van der Waals surface area contributed by atoms with Gasteiger partial charge in [0.05, 0.1) is 17.1 Å². The lowest BCUT2D eigenvalue weighted by atomic mass is 10.2. The van der Waals surface area contributed by atoms with Crippen LogP contribution in [-0.2, 0) is 9.59 Å². The molecule has 2 aromatic rings. The molecule has 144 valence electrons. The normalized spacial score (nSPS) is 16.4. The Labute approximate surface area is 170 Å². The number of para-hydroxylation sites is 1. The van der Waals surface area contributed by atoms with Crippen molar-refractivity contribution in [1.29, 1.82) is 0 Å². The second-order valence-corrected chi connectivity index (χ2v) is 6.67. The third-order valence-electron chi connectivity index (χ3n) is 3.67. The number of nitrogens with one attached hydrogen (secondary N) is 3. The van der Waals surface area contributed by atoms with Gasteiger partial charge >= 0.3 is 0 Å². The first kappa shape index (κ1) is 19.7. The van der Waals surface area contributed by atoms with Crippen LogP contribution in [-0.4, -0.2) is 29.8 Å². The number of aliphatic imine (C=N–C) groups is 2. The second kappa shape index (κ2) is 8.73. The Balaban J connectivity index is 1.61. The molecule has 0 spiro atoms. The summed E-state index contributed by atoms with van der Waals surface area (Å²) in [6, 6.07) is 12.9. The van der Waals surface area contributed by atoms with Crippen LogP contribution in [0.4, 0.5) is 11.4 Å². The number of amides is 2. The Morgan fingerprint density at radius 1 is 1.18 bits per heavy atom. The molecule has 0 saturated heterocycles. The van der Waals surface area contributed by atoms with Gasteiger partial charge < -0.3 is 16.4 Å². The molecule has 1 unspecified atom stereocenters. The molecule has 0 fully saturated rings. The fourth-order valence-corrected chi connectivity index (χ4v) is 2.86. The summed E-state index contributed by atoms with van der Waals surface area (Å²) in [4.78, 5) is 32.4. The molecule has 0 saturated carbocycles. The highest BCUT2D eigenvalue weighted by Gasteiger charge is 2.28. The maximum atomic E-state index is 12.2. The largest absolute Gasteiger partial charge is 0.369 e. The van der Waals surface area contributed by atoms with Crippen molar-refractivity contribution in [1.82, 2.24) is 5.32 Å². The van der Waals surface area contributed by atoms with Crippen molar-refractivity contribution in [3.8, 4) is 0 Å². The van der Waals surface area contributed by atoms with E-state index in [9.17, 15) is 9.59 Å². The Morgan fingerprint density at radius 2 is 1.93 bits per heavy atom. The molecule has 3 rings (SSSR count). The summed E-state index contributed by atoms with van der Waals surface area (Å²) in [5.74, 6) is -0.770. The number of rotatable bonds is 4. The fourth-order valence-electron chi connectivity index (χ4n) is 2.41. The number of hydrogen-bond acceptors (Lipinski definition) is 4. The van der Waals surface area contributed by atoms with Gasteiger partial charge in [0.1, 0.15) is 6.04 Å². The van der Waals surface area contributed by atoms with E-state index in [0.29, 0.717) is 15.7 Å². The minimum atomic E-state index is -0.908. The zero-order valence-electron chi connectivity index (χ0n) is 14.4. The van der Waals surface area contributed by atoms with Gasteiger partial charge in [-0.1, -0.05) is 41.4 Å². The van der Waals surface area contributed by atoms with Gasteiger partial charge in [-0.05, 0) is 30.3 Å². The molecule has 1 heterocycles. The van der Waals surface area contributed by atoms with Crippen LogP contribution >= 0.6 is 23.2 Å². The molecular formula is C18H16Cl2N6O2. The van der Waals surface area contributed by atoms with Crippen LogP contribution in [0, 0.1) is 0 Å². The maximum absolute atomic E-state index is 12.2. The molecule has 1 atom stereocenters. The van der Waals surface area contributed by atoms with Crippen LogP contribution < -0.4 is 21.7 Å². The third-order valence-corrected chi connectivity index (χ3v) is 4.22. The van der Waals surface area contributed by atoms with Crippen molar-refractivity contribution in [2.45, 2.75) is 12.5 Å². The Morgan fingerprint density at radius 3 is 2.64 bits per heavy atom. The highest BCUT2D eigenvalue weighted by atomic mass is 35.5. The monoisotopic (exact) mass is 418 g/mol. The summed E-state index contributed by atoms with van der Waals surface area (Å²) in [5, 5.41) is 8.73. The van der Waals surface area contributed by atoms with E-state index in [1.165, 1.54) is 6.07 Å². The number of nitrogens with two attached hydrogens (primary N) is 1. The first-order chi connectivity index (χ1) is 13.4. The van der Waals surface area contributed by atoms with E-state index in [-0.39, 0.29) is 18.3 Å². The molecule has 0 bridgehead atoms. The van der Waals surface area contributed by atoms with E-state index in [1.54, 1.807) is 12.1 Å². The molecule has 1 aliphatic rings. The average molecular weight is 419 g/mol. The molecular weight excluding hydrogens is 403 g/mol. The number of guanidine groups is 2. The average Bonchev–Trinajstić information content (AvgIpc) is 2.97. The van der Waals surface area contributed by atoms with Crippen molar-refractivity contribution in [3.05, 3.63) is 58.6 Å². The zero-order chi connectivity index (χ0) is 20.1. The van der Waals surface area contributed by atoms with Gasteiger partial charge in [0.2, 0.25) is 17.8 Å². The molecule has 0 aliphatic carbocycles. The smallest absolute Gasteiger partial charge is 0.252 e. The van der Waals surface area contributed by atoms with Gasteiger partial charge in [-0.25, -0.2) is 4.99 Å². The molecule has 8 nitrogen and oxygen atoms in total. The third kappa shape index (κ3) is 5.21. The molecule has 5 N–H and O–H groups in total. The van der Waals surface area contributed by atoms with E-state index in [4.69, 9.17) is 28.9 Å². The van der Waals surface area contributed by atoms with Gasteiger partial charge in [-0.2, -0.15) is 4.99 Å². The lowest BCUT2D eigenvalue weighted by Gasteiger charge is -2.08. The number of carbonyl (C=O) groups is 2.